The Kier molecular flexibility index (Phi) is 6.33. The van der Waals surface area contributed by atoms with Crippen molar-refractivity contribution in [1.29, 1.82) is 0 Å². The molecule has 0 unspecified atom stereocenters. The third-order valence-electron chi connectivity index (χ3n) is 4.24. The molecule has 0 aliphatic heterocycles. The number of halogens is 1. The molecule has 0 spiro atoms. The molecule has 1 atom stereocenters. The van der Waals surface area contributed by atoms with Crippen molar-refractivity contribution < 1.29 is 18.7 Å². The Balaban J connectivity index is 1.53. The van der Waals surface area contributed by atoms with Gasteiger partial charge in [0, 0.05) is 6.54 Å². The predicted molar refractivity (Wildman–Crippen MR) is 104 cm³/mol. The number of carbonyl (C=O) groups excluding carboxylic acids is 2. The van der Waals surface area contributed by atoms with E-state index in [1.165, 1.54) is 23.9 Å². The molecule has 1 aromatic heterocycles. The van der Waals surface area contributed by atoms with Gasteiger partial charge in [0.1, 0.15) is 5.82 Å². The zero-order valence-electron chi connectivity index (χ0n) is 16.1. The summed E-state index contributed by atoms with van der Waals surface area (Å²) in [4.78, 5) is 25.9. The maximum atomic E-state index is 12.9. The maximum absolute atomic E-state index is 12.9. The van der Waals surface area contributed by atoms with E-state index in [9.17, 15) is 14.0 Å². The Hall–Kier alpha value is -3.55. The van der Waals surface area contributed by atoms with Crippen molar-refractivity contribution >= 4 is 11.9 Å². The summed E-state index contributed by atoms with van der Waals surface area (Å²) in [5.41, 5.74) is 2.06. The summed E-state index contributed by atoms with van der Waals surface area (Å²) >= 11 is 0. The molecule has 1 heterocycles. The minimum absolute atomic E-state index is 0.0554. The van der Waals surface area contributed by atoms with Crippen molar-refractivity contribution in [2.75, 3.05) is 6.54 Å². The third kappa shape index (κ3) is 5.25. The van der Waals surface area contributed by atoms with Crippen molar-refractivity contribution in [1.82, 2.24) is 20.3 Å². The van der Waals surface area contributed by atoms with Crippen LogP contribution in [0.15, 0.2) is 54.6 Å². The maximum Gasteiger partial charge on any atom is 0.361 e. The van der Waals surface area contributed by atoms with Gasteiger partial charge >= 0.3 is 5.97 Å². The first-order valence-corrected chi connectivity index (χ1v) is 9.16. The number of nitrogens with zero attached hydrogens (tertiary/aromatic N) is 3. The lowest BCUT2D eigenvalue weighted by atomic mass is 10.1. The number of hydrogen-bond acceptors (Lipinski definition) is 5. The number of aromatic nitrogens is 3. The number of esters is 1. The second kappa shape index (κ2) is 9.09. The van der Waals surface area contributed by atoms with Crippen LogP contribution in [0.3, 0.4) is 0 Å². The number of rotatable bonds is 7. The fourth-order valence-corrected chi connectivity index (χ4v) is 2.64. The van der Waals surface area contributed by atoms with Crippen LogP contribution < -0.4 is 5.32 Å². The van der Waals surface area contributed by atoms with Gasteiger partial charge in [0.2, 0.25) is 0 Å². The van der Waals surface area contributed by atoms with Crippen LogP contribution in [0.4, 0.5) is 4.39 Å². The number of ether oxygens (including phenoxy) is 1. The third-order valence-corrected chi connectivity index (χ3v) is 4.24. The van der Waals surface area contributed by atoms with E-state index in [-0.39, 0.29) is 11.5 Å². The van der Waals surface area contributed by atoms with Gasteiger partial charge in [-0.3, -0.25) is 4.79 Å². The molecule has 2 aromatic carbocycles. The average molecular weight is 396 g/mol. The molecule has 3 rings (SSSR count). The Morgan fingerprint density at radius 1 is 1.10 bits per heavy atom. The molecule has 0 aliphatic carbocycles. The first-order chi connectivity index (χ1) is 13.9. The number of amides is 1. The van der Waals surface area contributed by atoms with Crippen LogP contribution in [0.25, 0.3) is 5.69 Å². The van der Waals surface area contributed by atoms with Gasteiger partial charge < -0.3 is 10.1 Å². The average Bonchev–Trinajstić information content (AvgIpc) is 3.12. The van der Waals surface area contributed by atoms with Crippen LogP contribution >= 0.6 is 0 Å². The van der Waals surface area contributed by atoms with Gasteiger partial charge in [-0.05, 0) is 50.1 Å². The summed E-state index contributed by atoms with van der Waals surface area (Å²) in [6.45, 7) is 3.48. The van der Waals surface area contributed by atoms with E-state index in [1.54, 1.807) is 19.1 Å². The fraction of sp³-hybridized carbons (Fsp3) is 0.238. The van der Waals surface area contributed by atoms with E-state index < -0.39 is 18.0 Å². The summed E-state index contributed by atoms with van der Waals surface area (Å²) in [6, 6.07) is 15.2. The molecule has 29 heavy (non-hydrogen) atoms. The van der Waals surface area contributed by atoms with Gasteiger partial charge in [-0.25, -0.2) is 9.18 Å². The molecule has 150 valence electrons. The number of nitrogens with one attached hydrogen (secondary N) is 1. The van der Waals surface area contributed by atoms with E-state index in [0.29, 0.717) is 24.3 Å². The van der Waals surface area contributed by atoms with Crippen LogP contribution in [0.1, 0.15) is 28.7 Å². The summed E-state index contributed by atoms with van der Waals surface area (Å²) in [7, 11) is 0. The lowest BCUT2D eigenvalue weighted by Crippen LogP contribution is -2.37. The van der Waals surface area contributed by atoms with Crippen LogP contribution in [0.2, 0.25) is 0 Å². The summed E-state index contributed by atoms with van der Waals surface area (Å²) in [5, 5.41) is 11.1. The molecule has 0 fully saturated rings. The van der Waals surface area contributed by atoms with Gasteiger partial charge in [0.25, 0.3) is 5.91 Å². The zero-order chi connectivity index (χ0) is 20.8. The van der Waals surface area contributed by atoms with Crippen LogP contribution in [0.5, 0.6) is 0 Å². The van der Waals surface area contributed by atoms with Crippen LogP contribution in [0, 0.1) is 12.7 Å². The molecule has 0 radical (unpaired) electrons. The zero-order valence-corrected chi connectivity index (χ0v) is 16.1. The number of para-hydroxylation sites is 1. The Labute approximate surface area is 167 Å². The normalized spacial score (nSPS) is 11.7. The second-order valence-corrected chi connectivity index (χ2v) is 6.47. The highest BCUT2D eigenvalue weighted by atomic mass is 19.1. The topological polar surface area (TPSA) is 86.1 Å². The number of carbonyl (C=O) groups is 2. The standard InChI is InChI=1S/C21H21FN4O3/c1-14-19(25-26(24-14)18-6-4-3-5-7-18)21(28)29-15(2)20(27)23-13-12-16-8-10-17(22)11-9-16/h3-11,15H,12-13H2,1-2H3,(H,23,27)/t15-/m0/s1. The van der Waals surface area contributed by atoms with Crippen LogP contribution in [-0.4, -0.2) is 39.5 Å². The van der Waals surface area contributed by atoms with Crippen molar-refractivity contribution in [2.24, 2.45) is 0 Å². The molecule has 0 saturated heterocycles. The lowest BCUT2D eigenvalue weighted by molar-refractivity contribution is -0.129. The van der Waals surface area contributed by atoms with Crippen LogP contribution in [-0.2, 0) is 16.0 Å². The predicted octanol–water partition coefficient (Wildman–Crippen LogP) is 2.62. The van der Waals surface area contributed by atoms with Crippen molar-refractivity contribution in [3.63, 3.8) is 0 Å². The quantitative estimate of drug-likeness (QED) is 0.621. The van der Waals surface area contributed by atoms with Gasteiger partial charge in [-0.15, -0.1) is 5.10 Å². The van der Waals surface area contributed by atoms with Gasteiger partial charge in [0.05, 0.1) is 11.4 Å². The highest BCUT2D eigenvalue weighted by Gasteiger charge is 2.23. The minimum Gasteiger partial charge on any atom is -0.448 e. The van der Waals surface area contributed by atoms with Crippen molar-refractivity contribution in [3.8, 4) is 5.69 Å². The first kappa shape index (κ1) is 20.2. The molecule has 8 heteroatoms. The lowest BCUT2D eigenvalue weighted by Gasteiger charge is -2.13. The SMILES string of the molecule is Cc1nn(-c2ccccc2)nc1C(=O)O[C@@H](C)C(=O)NCCc1ccc(F)cc1. The molecule has 7 nitrogen and oxygen atoms in total. The largest absolute Gasteiger partial charge is 0.448 e. The van der Waals surface area contributed by atoms with E-state index in [1.807, 2.05) is 30.3 Å². The van der Waals surface area contributed by atoms with E-state index in [2.05, 4.69) is 15.5 Å². The Bertz CT molecular complexity index is 987. The minimum atomic E-state index is -0.989. The molecule has 0 saturated carbocycles. The molecular formula is C21H21FN4O3. The fourth-order valence-electron chi connectivity index (χ4n) is 2.64. The molecule has 1 N–H and O–H groups in total. The second-order valence-electron chi connectivity index (χ2n) is 6.47. The molecular weight excluding hydrogens is 375 g/mol. The smallest absolute Gasteiger partial charge is 0.361 e. The highest BCUT2D eigenvalue weighted by molar-refractivity contribution is 5.91. The number of hydrogen-bond donors (Lipinski definition) is 1. The molecule has 0 aliphatic rings. The Morgan fingerprint density at radius 2 is 1.79 bits per heavy atom. The first-order valence-electron chi connectivity index (χ1n) is 9.16. The van der Waals surface area contributed by atoms with Crippen molar-refractivity contribution in [3.05, 3.63) is 77.4 Å². The number of aryl methyl sites for hydroxylation is 1. The highest BCUT2D eigenvalue weighted by Crippen LogP contribution is 2.10. The van der Waals surface area contributed by atoms with E-state index in [0.717, 1.165) is 5.56 Å². The summed E-state index contributed by atoms with van der Waals surface area (Å²) < 4.78 is 18.1. The molecule has 0 bridgehead atoms. The summed E-state index contributed by atoms with van der Waals surface area (Å²) in [6.07, 6.45) is -0.450. The molecule has 1 amide bonds. The van der Waals surface area contributed by atoms with Gasteiger partial charge in [0.15, 0.2) is 11.8 Å². The Morgan fingerprint density at radius 3 is 2.48 bits per heavy atom. The van der Waals surface area contributed by atoms with Crippen molar-refractivity contribution in [2.45, 2.75) is 26.4 Å². The van der Waals surface area contributed by atoms with Gasteiger partial charge in [-0.1, -0.05) is 30.3 Å². The summed E-state index contributed by atoms with van der Waals surface area (Å²) in [5.74, 6) is -1.45. The molecule has 3 aromatic rings. The van der Waals surface area contributed by atoms with E-state index in [4.69, 9.17) is 4.74 Å². The van der Waals surface area contributed by atoms with Gasteiger partial charge in [-0.2, -0.15) is 9.90 Å². The monoisotopic (exact) mass is 396 g/mol. The van der Waals surface area contributed by atoms with E-state index >= 15 is 0 Å². The number of benzene rings is 2.